The molecule has 0 saturated carbocycles. The van der Waals surface area contributed by atoms with Crippen molar-refractivity contribution in [3.05, 3.63) is 485 Å². The molecule has 0 aliphatic rings. The van der Waals surface area contributed by atoms with Gasteiger partial charge in [0.05, 0.1) is 22.1 Å². The van der Waals surface area contributed by atoms with Gasteiger partial charge in [0.25, 0.3) is 0 Å². The summed E-state index contributed by atoms with van der Waals surface area (Å²) in [5.41, 5.74) is 33.8. The summed E-state index contributed by atoms with van der Waals surface area (Å²) in [6.07, 6.45) is 0. The van der Waals surface area contributed by atoms with Crippen molar-refractivity contribution in [2.75, 3.05) is 0 Å². The lowest BCUT2D eigenvalue weighted by Gasteiger charge is -2.11. The van der Waals surface area contributed by atoms with Crippen LogP contribution in [0.15, 0.2) is 485 Å². The van der Waals surface area contributed by atoms with Crippen molar-refractivity contribution in [1.82, 2.24) is 18.3 Å². The van der Waals surface area contributed by atoms with Crippen LogP contribution in [0, 0.1) is 0 Å². The van der Waals surface area contributed by atoms with Gasteiger partial charge in [-0.15, -0.1) is 45.3 Å². The quantitative estimate of drug-likeness (QED) is 0.103. The molecule has 0 aliphatic heterocycles. The Hall–Kier alpha value is -16.6. The maximum Gasteiger partial charge on any atom is 0.109 e. The molecule has 136 heavy (non-hydrogen) atoms. The van der Waals surface area contributed by atoms with Crippen LogP contribution >= 0.6 is 45.3 Å². The molecule has 8 aromatic heterocycles. The van der Waals surface area contributed by atoms with Crippen LogP contribution in [-0.2, 0) is 0 Å². The molecule has 0 amide bonds. The van der Waals surface area contributed by atoms with Gasteiger partial charge < -0.3 is 18.3 Å². The van der Waals surface area contributed by atoms with Crippen LogP contribution in [0.4, 0.5) is 0 Å². The Morgan fingerprint density at radius 3 is 0.537 bits per heavy atom. The van der Waals surface area contributed by atoms with Crippen molar-refractivity contribution >= 4 is 170 Å². The van der Waals surface area contributed by atoms with Gasteiger partial charge in [-0.3, -0.25) is 0 Å². The molecule has 0 N–H and O–H groups in total. The van der Waals surface area contributed by atoms with Crippen LogP contribution in [0.1, 0.15) is 0 Å². The first kappa shape index (κ1) is 79.2. The Balaban J connectivity index is 0.000000138. The van der Waals surface area contributed by atoms with E-state index in [1.807, 2.05) is 45.3 Å². The Kier molecular flexibility index (Phi) is 19.1. The summed E-state index contributed by atoms with van der Waals surface area (Å²) >= 11 is 7.51. The molecule has 8 heteroatoms. The standard InChI is InChI=1S/2C64H40N2S2/c1-3-13-41(14-4-1)43-25-29-45(30-26-43)47-17-11-19-51(37-47)65-57-35-33-49(39-55(57)61-53-21-7-9-23-59(53)67-63(61)65)50-34-36-58-56(40-50)62-54-22-8-10-24-60(54)68-64(62)66(58)52-20-12-18-48(38-52)46-31-27-44(28-32-46)42-15-5-2-6-16-42;1-3-11-41(12-4-1)43-19-23-45(24-20-43)47-27-33-51(34-28-47)65-57-37-31-49(39-55(57)61-53-15-7-9-17-59(53)67-63(61)65)50-32-38-58-56(40-50)62-54-16-8-10-18-60(54)68-64(62)66(58)52-35-29-48(30-36-52)46-25-21-44(22-26-46)42-13-5-2-6-14-42/h2*1-40H. The van der Waals surface area contributed by atoms with E-state index < -0.39 is 0 Å². The van der Waals surface area contributed by atoms with Crippen molar-refractivity contribution in [1.29, 1.82) is 0 Å². The van der Waals surface area contributed by atoms with Crippen LogP contribution in [0.2, 0.25) is 0 Å². The Morgan fingerprint density at radius 1 is 0.118 bits per heavy atom. The molecule has 0 atom stereocenters. The highest BCUT2D eigenvalue weighted by molar-refractivity contribution is 7.27. The van der Waals surface area contributed by atoms with Crippen LogP contribution in [0.5, 0.6) is 0 Å². The zero-order valence-electron chi connectivity index (χ0n) is 73.6. The topological polar surface area (TPSA) is 19.7 Å². The van der Waals surface area contributed by atoms with E-state index in [0.29, 0.717) is 0 Å². The number of benzene rings is 20. The summed E-state index contributed by atoms with van der Waals surface area (Å²) in [7, 11) is 0. The Bertz CT molecular complexity index is 8970. The van der Waals surface area contributed by atoms with Gasteiger partial charge in [0.2, 0.25) is 0 Å². The number of thiophene rings is 4. The van der Waals surface area contributed by atoms with Crippen LogP contribution in [-0.4, -0.2) is 18.3 Å². The summed E-state index contributed by atoms with van der Waals surface area (Å²) in [6, 6.07) is 178. The fourth-order valence-corrected chi connectivity index (χ4v) is 25.9. The average molecular weight is 1800 g/mol. The minimum atomic E-state index is 1.16. The molecule has 0 aliphatic carbocycles. The molecule has 8 heterocycles. The zero-order chi connectivity index (χ0) is 89.4. The Morgan fingerprint density at radius 2 is 0.294 bits per heavy atom. The lowest BCUT2D eigenvalue weighted by molar-refractivity contribution is 1.19. The van der Waals surface area contributed by atoms with Gasteiger partial charge in [0.15, 0.2) is 0 Å². The van der Waals surface area contributed by atoms with Crippen LogP contribution in [0.3, 0.4) is 0 Å². The number of aromatic nitrogens is 4. The van der Waals surface area contributed by atoms with E-state index in [2.05, 4.69) is 504 Å². The summed E-state index contributed by atoms with van der Waals surface area (Å²) in [5.74, 6) is 0. The molecular formula is C128H80N4S4. The van der Waals surface area contributed by atoms with E-state index in [4.69, 9.17) is 0 Å². The molecule has 0 spiro atoms. The molecule has 0 fully saturated rings. The second-order valence-electron chi connectivity index (χ2n) is 35.4. The van der Waals surface area contributed by atoms with Gasteiger partial charge in [0, 0.05) is 106 Å². The van der Waals surface area contributed by atoms with Crippen molar-refractivity contribution in [3.63, 3.8) is 0 Å². The van der Waals surface area contributed by atoms with Gasteiger partial charge in [-0.25, -0.2) is 0 Å². The molecule has 28 aromatic rings. The zero-order valence-corrected chi connectivity index (χ0v) is 76.9. The number of nitrogens with zero attached hydrogens (tertiary/aromatic N) is 4. The van der Waals surface area contributed by atoms with Gasteiger partial charge in [-0.05, 0) is 233 Å². The lowest BCUT2D eigenvalue weighted by Crippen LogP contribution is -1.94. The van der Waals surface area contributed by atoms with Crippen LogP contribution < -0.4 is 0 Å². The molecule has 0 saturated heterocycles. The van der Waals surface area contributed by atoms with E-state index in [1.165, 1.54) is 236 Å². The average Bonchev–Trinajstić information content (AvgIpc) is 1.57. The summed E-state index contributed by atoms with van der Waals surface area (Å²) in [6.45, 7) is 0. The van der Waals surface area contributed by atoms with E-state index in [-0.39, 0.29) is 0 Å². The van der Waals surface area contributed by atoms with Gasteiger partial charge >= 0.3 is 0 Å². The van der Waals surface area contributed by atoms with E-state index in [1.54, 1.807) is 0 Å². The SMILES string of the molecule is c1ccc(-c2ccc(-c3ccc(-n4c5ccc(-c6ccc7c(c6)c6c8ccccc8sc6n7-c6ccc(-c7ccc(-c8ccccc8)cc7)cc6)cc5c5c6ccccc6sc54)cc3)cc2)cc1.c1ccc(-c2ccc(-c3cccc(-n4c5ccc(-c6ccc7c(c6)c6c8ccccc8sc6n7-c6cccc(-c7ccc(-c8ccccc8)cc7)c6)cc5c5c6ccccc6sc54)c3)cc2)cc1. The lowest BCUT2D eigenvalue weighted by atomic mass is 9.99. The highest BCUT2D eigenvalue weighted by atomic mass is 32.1. The van der Waals surface area contributed by atoms with Crippen LogP contribution in [0.25, 0.3) is 259 Å². The molecule has 0 unspecified atom stereocenters. The monoisotopic (exact) mass is 1800 g/mol. The molecule has 636 valence electrons. The first-order valence-corrected chi connectivity index (χ1v) is 49.6. The fourth-order valence-electron chi connectivity index (χ4n) is 20.9. The smallest absolute Gasteiger partial charge is 0.109 e. The first-order valence-electron chi connectivity index (χ1n) is 46.3. The van der Waals surface area contributed by atoms with E-state index in [9.17, 15) is 0 Å². The van der Waals surface area contributed by atoms with Crippen molar-refractivity contribution < 1.29 is 0 Å². The predicted octanol–water partition coefficient (Wildman–Crippen LogP) is 37.3. The molecule has 20 aromatic carbocycles. The van der Waals surface area contributed by atoms with Crippen molar-refractivity contribution in [3.8, 4) is 134 Å². The first-order chi connectivity index (χ1) is 67.4. The van der Waals surface area contributed by atoms with Crippen molar-refractivity contribution in [2.45, 2.75) is 0 Å². The maximum atomic E-state index is 2.48. The minimum absolute atomic E-state index is 1.16. The second kappa shape index (κ2) is 32.7. The number of fused-ring (bicyclic) bond motifs is 20. The third-order valence-electron chi connectivity index (χ3n) is 27.6. The highest BCUT2D eigenvalue weighted by Gasteiger charge is 2.26. The molecule has 0 bridgehead atoms. The maximum absolute atomic E-state index is 2.48. The molecular weight excluding hydrogens is 1720 g/mol. The fraction of sp³-hybridized carbons (Fsp3) is 0. The predicted molar refractivity (Wildman–Crippen MR) is 586 cm³/mol. The van der Waals surface area contributed by atoms with Gasteiger partial charge in [-0.2, -0.15) is 0 Å². The van der Waals surface area contributed by atoms with Gasteiger partial charge in [-0.1, -0.05) is 364 Å². The largest absolute Gasteiger partial charge is 0.301 e. The third-order valence-corrected chi connectivity index (χ3v) is 32.2. The number of rotatable bonds is 14. The summed E-state index contributed by atoms with van der Waals surface area (Å²) in [5, 5.41) is 15.5. The normalized spacial score (nSPS) is 11.8. The third kappa shape index (κ3) is 13.5. The second-order valence-corrected chi connectivity index (χ2v) is 39.5. The summed E-state index contributed by atoms with van der Waals surface area (Å²) in [4.78, 5) is 5.08. The van der Waals surface area contributed by atoms with E-state index in [0.717, 1.165) is 22.7 Å². The number of hydrogen-bond donors (Lipinski definition) is 0. The van der Waals surface area contributed by atoms with Crippen molar-refractivity contribution in [2.24, 2.45) is 0 Å². The highest BCUT2D eigenvalue weighted by Crippen LogP contribution is 2.51. The Labute approximate surface area is 801 Å². The summed E-state index contributed by atoms with van der Waals surface area (Å²) < 4.78 is 15.1. The molecule has 0 radical (unpaired) electrons. The molecule has 28 rings (SSSR count). The molecule has 4 nitrogen and oxygen atoms in total. The number of hydrogen-bond acceptors (Lipinski definition) is 4. The van der Waals surface area contributed by atoms with E-state index >= 15 is 0 Å². The minimum Gasteiger partial charge on any atom is -0.301 e. The van der Waals surface area contributed by atoms with Gasteiger partial charge in [0.1, 0.15) is 19.3 Å².